The summed E-state index contributed by atoms with van der Waals surface area (Å²) in [6, 6.07) is 15.7. The number of nitrogens with one attached hydrogen (secondary N) is 1. The first-order chi connectivity index (χ1) is 9.25. The molecule has 3 aromatic rings. The number of benzene rings is 2. The number of aromatic nitrogens is 1. The molecular weight excluding hydrogens is 236 g/mol. The summed E-state index contributed by atoms with van der Waals surface area (Å²) in [4.78, 5) is 3.06. The van der Waals surface area contributed by atoms with Crippen molar-refractivity contribution in [3.8, 4) is 0 Å². The van der Waals surface area contributed by atoms with Crippen molar-refractivity contribution in [2.45, 2.75) is 6.92 Å². The molecule has 0 radical (unpaired) electrons. The Morgan fingerprint density at radius 2 is 1.58 bits per heavy atom. The maximum atomic E-state index is 5.92. The zero-order chi connectivity index (χ0) is 13.2. The van der Waals surface area contributed by atoms with Gasteiger partial charge in [-0.1, -0.05) is 42.5 Å². The minimum Gasteiger partial charge on any atom is -0.385 e. The Morgan fingerprint density at radius 1 is 0.895 bits per heavy atom. The van der Waals surface area contributed by atoms with Crippen LogP contribution in [0.15, 0.2) is 58.8 Å². The van der Waals surface area contributed by atoms with E-state index >= 15 is 0 Å². The molecule has 0 aliphatic rings. The van der Waals surface area contributed by atoms with Gasteiger partial charge in [-0.2, -0.15) is 0 Å². The van der Waals surface area contributed by atoms with Gasteiger partial charge < -0.3 is 10.7 Å². The van der Waals surface area contributed by atoms with Crippen LogP contribution in [0.1, 0.15) is 5.56 Å². The van der Waals surface area contributed by atoms with Gasteiger partial charge in [0.2, 0.25) is 0 Å². The maximum Gasteiger partial charge on any atom is 0.162 e. The average Bonchev–Trinajstić information content (AvgIpc) is 2.75. The third-order valence-corrected chi connectivity index (χ3v) is 3.10. The Bertz CT molecular complexity index is 756. The van der Waals surface area contributed by atoms with Crippen molar-refractivity contribution in [2.75, 3.05) is 5.73 Å². The van der Waals surface area contributed by atoms with E-state index in [4.69, 9.17) is 5.73 Å². The molecule has 0 amide bonds. The first kappa shape index (κ1) is 11.5. The van der Waals surface area contributed by atoms with Gasteiger partial charge in [0.1, 0.15) is 5.82 Å². The minimum absolute atomic E-state index is 0.620. The quantitative estimate of drug-likeness (QED) is 0.647. The van der Waals surface area contributed by atoms with Gasteiger partial charge in [-0.3, -0.25) is 0 Å². The van der Waals surface area contributed by atoms with Gasteiger partial charge in [0, 0.05) is 10.8 Å². The van der Waals surface area contributed by atoms with Crippen molar-refractivity contribution in [1.29, 1.82) is 0 Å². The van der Waals surface area contributed by atoms with Crippen molar-refractivity contribution in [1.82, 2.24) is 4.98 Å². The lowest BCUT2D eigenvalue weighted by atomic mass is 10.2. The van der Waals surface area contributed by atoms with Crippen LogP contribution >= 0.6 is 0 Å². The molecule has 0 spiro atoms. The van der Waals surface area contributed by atoms with Crippen LogP contribution in [0, 0.1) is 6.92 Å². The lowest BCUT2D eigenvalue weighted by Crippen LogP contribution is -1.82. The molecule has 0 aliphatic heterocycles. The monoisotopic (exact) mass is 250 g/mol. The van der Waals surface area contributed by atoms with Crippen molar-refractivity contribution in [2.24, 2.45) is 10.2 Å². The number of nitrogens with two attached hydrogens (primary N) is 1. The van der Waals surface area contributed by atoms with E-state index in [0.29, 0.717) is 11.6 Å². The van der Waals surface area contributed by atoms with Crippen LogP contribution in [0.3, 0.4) is 0 Å². The lowest BCUT2D eigenvalue weighted by Gasteiger charge is -1.96. The lowest BCUT2D eigenvalue weighted by molar-refractivity contribution is 1.18. The topological polar surface area (TPSA) is 66.5 Å². The number of azo groups is 1. The predicted molar refractivity (Wildman–Crippen MR) is 78.1 cm³/mol. The molecule has 94 valence electrons. The predicted octanol–water partition coefficient (Wildman–Crippen LogP) is 4.47. The highest BCUT2D eigenvalue weighted by Crippen LogP contribution is 2.31. The van der Waals surface area contributed by atoms with Crippen LogP contribution in [0.2, 0.25) is 0 Å². The fourth-order valence-electron chi connectivity index (χ4n) is 2.05. The molecule has 0 unspecified atom stereocenters. The molecule has 3 N–H and O–H groups in total. The van der Waals surface area contributed by atoms with Gasteiger partial charge in [-0.15, -0.1) is 10.2 Å². The number of aromatic amines is 1. The summed E-state index contributed by atoms with van der Waals surface area (Å²) in [5.41, 5.74) is 7.87. The number of rotatable bonds is 2. The van der Waals surface area contributed by atoms with E-state index in [-0.39, 0.29) is 0 Å². The third-order valence-electron chi connectivity index (χ3n) is 3.10. The Balaban J connectivity index is 2.05. The molecule has 0 saturated heterocycles. The highest BCUT2D eigenvalue weighted by atomic mass is 15.2. The molecule has 2 aromatic carbocycles. The van der Waals surface area contributed by atoms with E-state index in [0.717, 1.165) is 22.0 Å². The summed E-state index contributed by atoms with van der Waals surface area (Å²) >= 11 is 0. The van der Waals surface area contributed by atoms with Gasteiger partial charge in [0.25, 0.3) is 0 Å². The molecule has 0 aliphatic carbocycles. The first-order valence-electron chi connectivity index (χ1n) is 6.09. The van der Waals surface area contributed by atoms with E-state index in [1.165, 1.54) is 0 Å². The van der Waals surface area contributed by atoms with Crippen LogP contribution in [0.5, 0.6) is 0 Å². The SMILES string of the molecule is Cc1ccccc1N=Nc1[nH]c(N)c2ccccc12. The minimum atomic E-state index is 0.620. The number of H-pyrrole nitrogens is 1. The molecule has 0 fully saturated rings. The Labute approximate surface area is 111 Å². The summed E-state index contributed by atoms with van der Waals surface area (Å²) in [6.07, 6.45) is 0. The van der Waals surface area contributed by atoms with Crippen LogP contribution in [0.4, 0.5) is 17.3 Å². The maximum absolute atomic E-state index is 5.92. The molecule has 1 aromatic heterocycles. The van der Waals surface area contributed by atoms with Crippen molar-refractivity contribution < 1.29 is 0 Å². The number of aryl methyl sites for hydroxylation is 1. The summed E-state index contributed by atoms with van der Waals surface area (Å²) in [6.45, 7) is 2.01. The smallest absolute Gasteiger partial charge is 0.162 e. The summed E-state index contributed by atoms with van der Waals surface area (Å²) in [7, 11) is 0. The van der Waals surface area contributed by atoms with E-state index < -0.39 is 0 Å². The van der Waals surface area contributed by atoms with Gasteiger partial charge in [0.05, 0.1) is 5.69 Å². The highest BCUT2D eigenvalue weighted by molar-refractivity contribution is 5.99. The molecule has 0 saturated carbocycles. The molecular formula is C15H14N4. The van der Waals surface area contributed by atoms with Gasteiger partial charge in [-0.25, -0.2) is 0 Å². The zero-order valence-corrected chi connectivity index (χ0v) is 10.6. The molecule has 0 bridgehead atoms. The third kappa shape index (κ3) is 2.08. The molecule has 1 heterocycles. The fourth-order valence-corrected chi connectivity index (χ4v) is 2.05. The summed E-state index contributed by atoms with van der Waals surface area (Å²) in [5, 5.41) is 10.5. The number of nitrogen functional groups attached to an aromatic ring is 1. The molecule has 19 heavy (non-hydrogen) atoms. The standard InChI is InChI=1S/C15H14N4/c1-10-6-2-5-9-13(10)18-19-15-12-8-4-3-7-11(12)14(16)17-15/h2-9,17H,16H2,1H3. The summed E-state index contributed by atoms with van der Waals surface area (Å²) < 4.78 is 0. The highest BCUT2D eigenvalue weighted by Gasteiger charge is 2.06. The van der Waals surface area contributed by atoms with Crippen LogP contribution in [-0.4, -0.2) is 4.98 Å². The second kappa shape index (κ2) is 4.57. The number of nitrogens with zero attached hydrogens (tertiary/aromatic N) is 2. The second-order valence-corrected chi connectivity index (χ2v) is 4.42. The largest absolute Gasteiger partial charge is 0.385 e. The number of hydrogen-bond acceptors (Lipinski definition) is 3. The summed E-state index contributed by atoms with van der Waals surface area (Å²) in [5.74, 6) is 1.31. The van der Waals surface area contributed by atoms with E-state index in [2.05, 4.69) is 15.2 Å². The van der Waals surface area contributed by atoms with E-state index in [9.17, 15) is 0 Å². The van der Waals surface area contributed by atoms with E-state index in [1.54, 1.807) is 0 Å². The van der Waals surface area contributed by atoms with Crippen molar-refractivity contribution in [3.63, 3.8) is 0 Å². The van der Waals surface area contributed by atoms with Gasteiger partial charge >= 0.3 is 0 Å². The van der Waals surface area contributed by atoms with Crippen LogP contribution < -0.4 is 5.73 Å². The van der Waals surface area contributed by atoms with E-state index in [1.807, 2.05) is 55.5 Å². The second-order valence-electron chi connectivity index (χ2n) is 4.42. The average molecular weight is 250 g/mol. The normalized spacial score (nSPS) is 11.4. The molecule has 3 rings (SSSR count). The number of hydrogen-bond donors (Lipinski definition) is 2. The number of fused-ring (bicyclic) bond motifs is 1. The zero-order valence-electron chi connectivity index (χ0n) is 10.6. The Morgan fingerprint density at radius 3 is 2.37 bits per heavy atom. The first-order valence-corrected chi connectivity index (χ1v) is 6.09. The number of anilines is 1. The fraction of sp³-hybridized carbons (Fsp3) is 0.0667. The Kier molecular flexibility index (Phi) is 2.76. The van der Waals surface area contributed by atoms with Crippen molar-refractivity contribution >= 4 is 28.1 Å². The Hall–Kier alpha value is -2.62. The molecule has 4 nitrogen and oxygen atoms in total. The van der Waals surface area contributed by atoms with Gasteiger partial charge in [-0.05, 0) is 18.6 Å². The van der Waals surface area contributed by atoms with Gasteiger partial charge in [0.15, 0.2) is 5.82 Å². The van der Waals surface area contributed by atoms with Crippen molar-refractivity contribution in [3.05, 3.63) is 54.1 Å². The molecule has 4 heteroatoms. The molecule has 0 atom stereocenters. The van der Waals surface area contributed by atoms with Crippen LogP contribution in [-0.2, 0) is 0 Å². The van der Waals surface area contributed by atoms with Crippen LogP contribution in [0.25, 0.3) is 10.8 Å².